The number of carbonyl (C=O) groups is 2. The molecule has 0 aliphatic carbocycles. The van der Waals surface area contributed by atoms with Crippen LogP contribution in [0.25, 0.3) is 0 Å². The molecular weight excluding hydrogens is 232 g/mol. The Morgan fingerprint density at radius 2 is 1.82 bits per heavy atom. The van der Waals surface area contributed by atoms with Gasteiger partial charge in [-0.25, -0.2) is 9.59 Å². The minimum atomic E-state index is -2.05. The fraction of sp³-hybridized carbons (Fsp3) is 0.778. The van der Waals surface area contributed by atoms with E-state index < -0.39 is 36.4 Å². The van der Waals surface area contributed by atoms with Gasteiger partial charge in [0.2, 0.25) is 0 Å². The van der Waals surface area contributed by atoms with Gasteiger partial charge in [-0.3, -0.25) is 0 Å². The summed E-state index contributed by atoms with van der Waals surface area (Å²) in [6.45, 7) is 0.553. The zero-order chi connectivity index (χ0) is 13.2. The Morgan fingerprint density at radius 1 is 1.35 bits per heavy atom. The second-order valence-corrected chi connectivity index (χ2v) is 4.28. The molecule has 0 aromatic rings. The molecule has 1 fully saturated rings. The lowest BCUT2D eigenvalue weighted by molar-refractivity contribution is -0.155. The number of nitrogens with zero attached hydrogens (tertiary/aromatic N) is 1. The van der Waals surface area contributed by atoms with Crippen LogP contribution in [0.5, 0.6) is 0 Å². The van der Waals surface area contributed by atoms with Gasteiger partial charge in [0.1, 0.15) is 0 Å². The number of β-amino-alcohol motifs (C(OH)–C–C–N with tert-alkyl or cyclic N) is 2. The van der Waals surface area contributed by atoms with E-state index in [1.165, 1.54) is 0 Å². The van der Waals surface area contributed by atoms with Crippen molar-refractivity contribution in [2.45, 2.75) is 24.7 Å². The van der Waals surface area contributed by atoms with E-state index in [4.69, 9.17) is 5.11 Å². The summed E-state index contributed by atoms with van der Waals surface area (Å²) in [7, 11) is 0. The number of aliphatic hydroxyl groups excluding tert-OH is 2. The number of carbonyl (C=O) groups excluding carboxylic acids is 1. The zero-order valence-electron chi connectivity index (χ0n) is 9.33. The number of aliphatic hydroxyl groups is 3. The molecular formula is C9H16N2O6. The first-order valence-electron chi connectivity index (χ1n) is 5.08. The minimum absolute atomic E-state index is 0.0256. The molecule has 5 N–H and O–H groups in total. The number of carboxylic acid groups (broad SMARTS) is 1. The summed E-state index contributed by atoms with van der Waals surface area (Å²) in [5.41, 5.74) is -2.05. The molecule has 0 saturated carbocycles. The first-order valence-corrected chi connectivity index (χ1v) is 5.08. The third-order valence-corrected chi connectivity index (χ3v) is 2.59. The van der Waals surface area contributed by atoms with Crippen molar-refractivity contribution in [1.82, 2.24) is 10.2 Å². The number of likely N-dealkylation sites (tertiary alicyclic amines) is 1. The van der Waals surface area contributed by atoms with E-state index in [2.05, 4.69) is 5.32 Å². The number of hydrogen-bond donors (Lipinski definition) is 5. The van der Waals surface area contributed by atoms with Gasteiger partial charge >= 0.3 is 12.0 Å². The average molecular weight is 248 g/mol. The molecule has 0 bridgehead atoms. The van der Waals surface area contributed by atoms with Crippen LogP contribution in [-0.4, -0.2) is 74.8 Å². The molecule has 2 amide bonds. The van der Waals surface area contributed by atoms with Crippen LogP contribution >= 0.6 is 0 Å². The topological polar surface area (TPSA) is 130 Å². The van der Waals surface area contributed by atoms with Crippen LogP contribution in [0.3, 0.4) is 0 Å². The van der Waals surface area contributed by atoms with Crippen LogP contribution in [0.1, 0.15) is 6.92 Å². The lowest BCUT2D eigenvalue weighted by Gasteiger charge is -2.21. The number of hydrogen-bond acceptors (Lipinski definition) is 5. The molecule has 3 atom stereocenters. The van der Waals surface area contributed by atoms with Gasteiger partial charge in [-0.1, -0.05) is 0 Å². The Kier molecular flexibility index (Phi) is 3.91. The molecule has 0 aromatic heterocycles. The SMILES string of the molecule is CC(O)(CNC(=O)N1CC(O)C(O)C1)C(=O)O. The van der Waals surface area contributed by atoms with Crippen molar-refractivity contribution in [3.05, 3.63) is 0 Å². The largest absolute Gasteiger partial charge is 0.479 e. The first-order chi connectivity index (χ1) is 7.74. The predicted molar refractivity (Wildman–Crippen MR) is 55.2 cm³/mol. The van der Waals surface area contributed by atoms with Gasteiger partial charge in [-0.05, 0) is 6.92 Å². The van der Waals surface area contributed by atoms with E-state index in [1.807, 2.05) is 0 Å². The van der Waals surface area contributed by atoms with E-state index in [9.17, 15) is 24.9 Å². The van der Waals surface area contributed by atoms with Gasteiger partial charge in [0, 0.05) is 0 Å². The molecule has 0 aromatic carbocycles. The average Bonchev–Trinajstić information content (AvgIpc) is 2.56. The molecule has 1 rings (SSSR count). The van der Waals surface area contributed by atoms with E-state index in [0.29, 0.717) is 0 Å². The number of rotatable bonds is 3. The fourth-order valence-corrected chi connectivity index (χ4v) is 1.37. The quantitative estimate of drug-likeness (QED) is 0.377. The number of nitrogens with one attached hydrogen (secondary N) is 1. The van der Waals surface area contributed by atoms with Gasteiger partial charge in [0.15, 0.2) is 5.60 Å². The minimum Gasteiger partial charge on any atom is -0.479 e. The van der Waals surface area contributed by atoms with Crippen LogP contribution < -0.4 is 5.32 Å². The van der Waals surface area contributed by atoms with Gasteiger partial charge in [0.25, 0.3) is 0 Å². The Hall–Kier alpha value is -1.38. The monoisotopic (exact) mass is 248 g/mol. The normalized spacial score (nSPS) is 27.6. The lowest BCUT2D eigenvalue weighted by Crippen LogP contribution is -2.50. The molecule has 0 radical (unpaired) electrons. The first kappa shape index (κ1) is 13.7. The second kappa shape index (κ2) is 4.86. The maximum absolute atomic E-state index is 11.5. The number of aliphatic carboxylic acids is 1. The number of amides is 2. The second-order valence-electron chi connectivity index (χ2n) is 4.28. The fourth-order valence-electron chi connectivity index (χ4n) is 1.37. The highest BCUT2D eigenvalue weighted by molar-refractivity contribution is 5.79. The van der Waals surface area contributed by atoms with Gasteiger partial charge in [-0.15, -0.1) is 0 Å². The maximum atomic E-state index is 11.5. The standard InChI is InChI=1S/C9H16N2O6/c1-9(17,7(14)15)4-10-8(16)11-2-5(12)6(13)3-11/h5-6,12-13,17H,2-4H2,1H3,(H,10,16)(H,14,15). The van der Waals surface area contributed by atoms with Gasteiger partial charge < -0.3 is 30.6 Å². The highest BCUT2D eigenvalue weighted by Crippen LogP contribution is 2.10. The van der Waals surface area contributed by atoms with E-state index >= 15 is 0 Å². The van der Waals surface area contributed by atoms with E-state index in [0.717, 1.165) is 11.8 Å². The van der Waals surface area contributed by atoms with Crippen LogP contribution in [0.15, 0.2) is 0 Å². The summed E-state index contributed by atoms with van der Waals surface area (Å²) >= 11 is 0. The van der Waals surface area contributed by atoms with Crippen LogP contribution in [-0.2, 0) is 4.79 Å². The molecule has 1 saturated heterocycles. The molecule has 1 aliphatic rings. The lowest BCUT2D eigenvalue weighted by atomic mass is 10.1. The maximum Gasteiger partial charge on any atom is 0.337 e. The van der Waals surface area contributed by atoms with Crippen molar-refractivity contribution in [2.24, 2.45) is 0 Å². The summed E-state index contributed by atoms with van der Waals surface area (Å²) in [6, 6.07) is -0.637. The Balaban J connectivity index is 2.44. The van der Waals surface area contributed by atoms with Crippen LogP contribution in [0.4, 0.5) is 4.79 Å². The molecule has 98 valence electrons. The summed E-state index contributed by atoms with van der Waals surface area (Å²) in [5.74, 6) is -1.45. The van der Waals surface area contributed by atoms with Crippen molar-refractivity contribution in [2.75, 3.05) is 19.6 Å². The molecule has 0 spiro atoms. The summed E-state index contributed by atoms with van der Waals surface area (Å²) in [5, 5.41) is 38.6. The van der Waals surface area contributed by atoms with Gasteiger partial charge in [0.05, 0.1) is 31.8 Å². The molecule has 3 unspecified atom stereocenters. The van der Waals surface area contributed by atoms with Crippen molar-refractivity contribution < 1.29 is 30.0 Å². The predicted octanol–water partition coefficient (Wildman–Crippen LogP) is -2.43. The van der Waals surface area contributed by atoms with Gasteiger partial charge in [-0.2, -0.15) is 0 Å². The Bertz CT molecular complexity index is 309. The molecule has 17 heavy (non-hydrogen) atoms. The highest BCUT2D eigenvalue weighted by Gasteiger charge is 2.35. The molecule has 1 heterocycles. The summed E-state index contributed by atoms with van der Waals surface area (Å²) in [4.78, 5) is 23.2. The third kappa shape index (κ3) is 3.29. The Labute approximate surface area is 97.5 Å². The summed E-state index contributed by atoms with van der Waals surface area (Å²) in [6.07, 6.45) is -2.00. The summed E-state index contributed by atoms with van der Waals surface area (Å²) < 4.78 is 0. The van der Waals surface area contributed by atoms with Crippen molar-refractivity contribution in [3.8, 4) is 0 Å². The molecule has 1 aliphatic heterocycles. The van der Waals surface area contributed by atoms with Crippen molar-refractivity contribution in [3.63, 3.8) is 0 Å². The number of carboxylic acids is 1. The number of urea groups is 1. The molecule has 8 heteroatoms. The van der Waals surface area contributed by atoms with Crippen molar-refractivity contribution >= 4 is 12.0 Å². The zero-order valence-corrected chi connectivity index (χ0v) is 9.33. The highest BCUT2D eigenvalue weighted by atomic mass is 16.4. The van der Waals surface area contributed by atoms with E-state index in [-0.39, 0.29) is 13.1 Å². The van der Waals surface area contributed by atoms with Crippen LogP contribution in [0, 0.1) is 0 Å². The smallest absolute Gasteiger partial charge is 0.337 e. The van der Waals surface area contributed by atoms with Crippen molar-refractivity contribution in [1.29, 1.82) is 0 Å². The van der Waals surface area contributed by atoms with E-state index in [1.54, 1.807) is 0 Å². The Morgan fingerprint density at radius 3 is 2.24 bits per heavy atom. The van der Waals surface area contributed by atoms with Crippen LogP contribution in [0.2, 0.25) is 0 Å². The third-order valence-electron chi connectivity index (χ3n) is 2.59. The molecule has 8 nitrogen and oxygen atoms in total.